The van der Waals surface area contributed by atoms with Gasteiger partial charge in [-0.15, -0.1) is 0 Å². The molecule has 0 bridgehead atoms. The lowest BCUT2D eigenvalue weighted by molar-refractivity contribution is 0.173. The average molecular weight is 276 g/mol. The Labute approximate surface area is 122 Å². The largest absolute Gasteiger partial charge is 0.351 e. The molecule has 1 fully saturated rings. The van der Waals surface area contributed by atoms with E-state index in [1.54, 1.807) is 6.33 Å². The molecule has 1 N–H and O–H groups in total. The normalized spacial score (nSPS) is 23.6. The number of aromatic nitrogens is 3. The molecule has 112 valence electrons. The number of nitrogens with one attached hydrogen (secondary N) is 1. The fourth-order valence-electron chi connectivity index (χ4n) is 3.03. The highest BCUT2D eigenvalue weighted by atomic mass is 15.2. The third kappa shape index (κ3) is 4.15. The van der Waals surface area contributed by atoms with Crippen LogP contribution in [0.1, 0.15) is 65.6 Å². The molecular weight excluding hydrogens is 248 g/mol. The lowest BCUT2D eigenvalue weighted by atomic mass is 9.71. The third-order valence-corrected chi connectivity index (χ3v) is 4.38. The second kappa shape index (κ2) is 6.51. The maximum Gasteiger partial charge on any atom is 0.226 e. The van der Waals surface area contributed by atoms with E-state index in [0.29, 0.717) is 11.5 Å². The van der Waals surface area contributed by atoms with Gasteiger partial charge < -0.3 is 5.32 Å². The molecule has 0 spiro atoms. The summed E-state index contributed by atoms with van der Waals surface area (Å²) in [7, 11) is 0. The number of anilines is 1. The molecule has 0 aliphatic heterocycles. The maximum absolute atomic E-state index is 4.49. The molecule has 1 saturated carbocycles. The zero-order valence-electron chi connectivity index (χ0n) is 13.3. The maximum atomic E-state index is 4.49. The van der Waals surface area contributed by atoms with Crippen LogP contribution < -0.4 is 5.32 Å². The molecule has 1 aromatic rings. The van der Waals surface area contributed by atoms with E-state index in [1.807, 2.05) is 0 Å². The molecule has 1 aliphatic carbocycles. The van der Waals surface area contributed by atoms with Gasteiger partial charge in [-0.3, -0.25) is 0 Å². The van der Waals surface area contributed by atoms with Gasteiger partial charge in [0.05, 0.1) is 0 Å². The van der Waals surface area contributed by atoms with Crippen LogP contribution in [0.15, 0.2) is 6.33 Å². The Kier molecular flexibility index (Phi) is 4.95. The molecule has 20 heavy (non-hydrogen) atoms. The molecule has 0 unspecified atom stereocenters. The minimum Gasteiger partial charge on any atom is -0.351 e. The van der Waals surface area contributed by atoms with Crippen molar-refractivity contribution >= 4 is 5.95 Å². The molecule has 4 heteroatoms. The first-order valence-electron chi connectivity index (χ1n) is 7.93. The molecule has 0 aromatic carbocycles. The first-order chi connectivity index (χ1) is 9.49. The fraction of sp³-hybridized carbons (Fsp3) is 0.812. The summed E-state index contributed by atoms with van der Waals surface area (Å²) in [5.74, 6) is 2.49. The summed E-state index contributed by atoms with van der Waals surface area (Å²) in [5.41, 5.74) is 0.437. The molecule has 1 aliphatic rings. The van der Waals surface area contributed by atoms with Gasteiger partial charge in [0.25, 0.3) is 0 Å². The van der Waals surface area contributed by atoms with E-state index >= 15 is 0 Å². The fourth-order valence-corrected chi connectivity index (χ4v) is 3.03. The van der Waals surface area contributed by atoms with Crippen molar-refractivity contribution in [2.45, 2.75) is 72.3 Å². The zero-order valence-corrected chi connectivity index (χ0v) is 13.3. The van der Waals surface area contributed by atoms with Crippen molar-refractivity contribution in [1.29, 1.82) is 0 Å². The van der Waals surface area contributed by atoms with E-state index in [0.717, 1.165) is 30.5 Å². The molecule has 0 saturated heterocycles. The lowest BCUT2D eigenvalue weighted by Gasteiger charge is -2.37. The first kappa shape index (κ1) is 15.2. The van der Waals surface area contributed by atoms with Crippen molar-refractivity contribution in [1.82, 2.24) is 15.0 Å². The smallest absolute Gasteiger partial charge is 0.226 e. The number of hydrogen-bond donors (Lipinski definition) is 1. The monoisotopic (exact) mass is 276 g/mol. The molecule has 1 heterocycles. The Bertz CT molecular complexity index is 417. The zero-order chi connectivity index (χ0) is 14.6. The van der Waals surface area contributed by atoms with Crippen LogP contribution in [0.2, 0.25) is 0 Å². The lowest BCUT2D eigenvalue weighted by Crippen LogP contribution is -2.32. The number of nitrogens with zero attached hydrogens (tertiary/aromatic N) is 3. The molecule has 2 rings (SSSR count). The standard InChI is InChI=1S/C16H28N4/c1-5-6-14-17-11-18-15(20-14)19-13-9-7-12(8-10-13)16(2,3)4/h11-13H,5-10H2,1-4H3,(H,17,18,19,20). The molecule has 0 atom stereocenters. The van der Waals surface area contributed by atoms with Gasteiger partial charge >= 0.3 is 0 Å². The van der Waals surface area contributed by atoms with Crippen LogP contribution in [0.5, 0.6) is 0 Å². The second-order valence-electron chi connectivity index (χ2n) is 7.03. The van der Waals surface area contributed by atoms with Crippen LogP contribution in [0.25, 0.3) is 0 Å². The van der Waals surface area contributed by atoms with Gasteiger partial charge in [0.2, 0.25) is 5.95 Å². The minimum atomic E-state index is 0.437. The average Bonchev–Trinajstić information content (AvgIpc) is 2.39. The third-order valence-electron chi connectivity index (χ3n) is 4.38. The van der Waals surface area contributed by atoms with Crippen molar-refractivity contribution in [2.24, 2.45) is 11.3 Å². The van der Waals surface area contributed by atoms with E-state index in [2.05, 4.69) is 48.0 Å². The predicted octanol–water partition coefficient (Wildman–Crippen LogP) is 3.84. The van der Waals surface area contributed by atoms with E-state index in [4.69, 9.17) is 0 Å². The van der Waals surface area contributed by atoms with Gasteiger partial charge in [-0.2, -0.15) is 4.98 Å². The SMILES string of the molecule is CCCc1ncnc(NC2CCC(C(C)(C)C)CC2)n1. The highest BCUT2D eigenvalue weighted by Crippen LogP contribution is 2.38. The van der Waals surface area contributed by atoms with Crippen LogP contribution in [0, 0.1) is 11.3 Å². The van der Waals surface area contributed by atoms with Crippen LogP contribution in [-0.4, -0.2) is 21.0 Å². The second-order valence-corrected chi connectivity index (χ2v) is 7.03. The van der Waals surface area contributed by atoms with E-state index in [-0.39, 0.29) is 0 Å². The number of hydrogen-bond acceptors (Lipinski definition) is 4. The van der Waals surface area contributed by atoms with Gasteiger partial charge in [-0.1, -0.05) is 27.7 Å². The molecule has 4 nitrogen and oxygen atoms in total. The van der Waals surface area contributed by atoms with Crippen molar-refractivity contribution in [3.8, 4) is 0 Å². The van der Waals surface area contributed by atoms with Crippen LogP contribution in [0.3, 0.4) is 0 Å². The highest BCUT2D eigenvalue weighted by Gasteiger charge is 2.29. The molecule has 1 aromatic heterocycles. The summed E-state index contributed by atoms with van der Waals surface area (Å²) in [6.07, 6.45) is 8.66. The van der Waals surface area contributed by atoms with E-state index in [9.17, 15) is 0 Å². The summed E-state index contributed by atoms with van der Waals surface area (Å²) >= 11 is 0. The number of aryl methyl sites for hydroxylation is 1. The van der Waals surface area contributed by atoms with Gasteiger partial charge in [-0.05, 0) is 43.4 Å². The van der Waals surface area contributed by atoms with Crippen molar-refractivity contribution in [2.75, 3.05) is 5.32 Å². The van der Waals surface area contributed by atoms with Crippen LogP contribution in [0.4, 0.5) is 5.95 Å². The van der Waals surface area contributed by atoms with Gasteiger partial charge in [-0.25, -0.2) is 9.97 Å². The first-order valence-corrected chi connectivity index (χ1v) is 7.93. The predicted molar refractivity (Wildman–Crippen MR) is 82.6 cm³/mol. The minimum absolute atomic E-state index is 0.437. The molecule has 0 radical (unpaired) electrons. The van der Waals surface area contributed by atoms with E-state index < -0.39 is 0 Å². The van der Waals surface area contributed by atoms with Crippen LogP contribution in [-0.2, 0) is 6.42 Å². The summed E-state index contributed by atoms with van der Waals surface area (Å²) in [6.45, 7) is 9.21. The van der Waals surface area contributed by atoms with Crippen molar-refractivity contribution in [3.63, 3.8) is 0 Å². The highest BCUT2D eigenvalue weighted by molar-refractivity contribution is 5.24. The summed E-state index contributed by atoms with van der Waals surface area (Å²) in [4.78, 5) is 12.9. The van der Waals surface area contributed by atoms with Crippen LogP contribution >= 0.6 is 0 Å². The Morgan fingerprint density at radius 1 is 1.15 bits per heavy atom. The quantitative estimate of drug-likeness (QED) is 0.907. The number of rotatable bonds is 4. The van der Waals surface area contributed by atoms with E-state index in [1.165, 1.54) is 25.7 Å². The Hall–Kier alpha value is -1.19. The van der Waals surface area contributed by atoms with Gasteiger partial charge in [0, 0.05) is 12.5 Å². The summed E-state index contributed by atoms with van der Waals surface area (Å²) in [6, 6.07) is 0.519. The Morgan fingerprint density at radius 2 is 1.85 bits per heavy atom. The van der Waals surface area contributed by atoms with Gasteiger partial charge in [0.1, 0.15) is 12.2 Å². The van der Waals surface area contributed by atoms with Crippen molar-refractivity contribution < 1.29 is 0 Å². The summed E-state index contributed by atoms with van der Waals surface area (Å²) in [5, 5.41) is 3.49. The van der Waals surface area contributed by atoms with Gasteiger partial charge in [0.15, 0.2) is 0 Å². The van der Waals surface area contributed by atoms with Crippen molar-refractivity contribution in [3.05, 3.63) is 12.2 Å². The molecular formula is C16H28N4. The Morgan fingerprint density at radius 3 is 2.45 bits per heavy atom. The topological polar surface area (TPSA) is 50.7 Å². The Balaban J connectivity index is 1.88. The summed E-state index contributed by atoms with van der Waals surface area (Å²) < 4.78 is 0. The molecule has 0 amide bonds.